The predicted molar refractivity (Wildman–Crippen MR) is 58.5 cm³/mol. The fourth-order valence-corrected chi connectivity index (χ4v) is 2.20. The molecule has 0 aromatic heterocycles. The third-order valence-electron chi connectivity index (χ3n) is 1.98. The highest BCUT2D eigenvalue weighted by Crippen LogP contribution is 2.12. The van der Waals surface area contributed by atoms with Gasteiger partial charge in [-0.1, -0.05) is 19.8 Å². The van der Waals surface area contributed by atoms with Crippen molar-refractivity contribution in [1.82, 2.24) is 9.44 Å². The van der Waals surface area contributed by atoms with Gasteiger partial charge in [0, 0.05) is 12.6 Å². The third-order valence-corrected chi connectivity index (χ3v) is 3.14. The summed E-state index contributed by atoms with van der Waals surface area (Å²) in [5, 5.41) is 0. The second-order valence-electron chi connectivity index (χ2n) is 3.63. The van der Waals surface area contributed by atoms with Crippen molar-refractivity contribution in [3.8, 4) is 0 Å². The van der Waals surface area contributed by atoms with Crippen LogP contribution < -0.4 is 15.2 Å². The molecule has 1 atom stereocenters. The Labute approximate surface area is 99.1 Å². The molecule has 0 bridgehead atoms. The van der Waals surface area contributed by atoms with Crippen LogP contribution in [0.4, 0.5) is 13.2 Å². The molecule has 0 aliphatic carbocycles. The Morgan fingerprint density at radius 3 is 2.35 bits per heavy atom. The number of nitrogens with one attached hydrogen (secondary N) is 2. The van der Waals surface area contributed by atoms with E-state index in [1.807, 2.05) is 6.92 Å². The van der Waals surface area contributed by atoms with E-state index in [4.69, 9.17) is 5.73 Å². The first-order valence-corrected chi connectivity index (χ1v) is 6.72. The molecule has 4 N–H and O–H groups in total. The largest absolute Gasteiger partial charge is 0.402 e. The van der Waals surface area contributed by atoms with E-state index in [1.165, 1.54) is 4.72 Å². The highest BCUT2D eigenvalue weighted by Gasteiger charge is 2.29. The maximum atomic E-state index is 11.8. The van der Waals surface area contributed by atoms with Crippen molar-refractivity contribution in [2.45, 2.75) is 38.4 Å². The molecule has 0 saturated heterocycles. The number of alkyl halides is 3. The van der Waals surface area contributed by atoms with Gasteiger partial charge in [0.25, 0.3) is 10.2 Å². The Bertz CT molecular complexity index is 306. The Morgan fingerprint density at radius 1 is 1.35 bits per heavy atom. The van der Waals surface area contributed by atoms with Crippen molar-refractivity contribution < 1.29 is 21.6 Å². The van der Waals surface area contributed by atoms with E-state index in [0.717, 1.165) is 12.8 Å². The van der Waals surface area contributed by atoms with Crippen LogP contribution in [-0.2, 0) is 10.2 Å². The summed E-state index contributed by atoms with van der Waals surface area (Å²) >= 11 is 0. The summed E-state index contributed by atoms with van der Waals surface area (Å²) in [5.41, 5.74) is 5.33. The van der Waals surface area contributed by atoms with Crippen LogP contribution in [0.25, 0.3) is 0 Å². The van der Waals surface area contributed by atoms with Gasteiger partial charge in [-0.05, 0) is 6.42 Å². The average Bonchev–Trinajstić information content (AvgIpc) is 2.20. The minimum absolute atomic E-state index is 0.0485. The summed E-state index contributed by atoms with van der Waals surface area (Å²) in [6.07, 6.45) is -2.46. The van der Waals surface area contributed by atoms with Crippen molar-refractivity contribution in [3.05, 3.63) is 0 Å². The van der Waals surface area contributed by atoms with Crippen molar-refractivity contribution >= 4 is 10.2 Å². The van der Waals surface area contributed by atoms with E-state index >= 15 is 0 Å². The van der Waals surface area contributed by atoms with Crippen LogP contribution >= 0.6 is 0 Å². The van der Waals surface area contributed by atoms with Crippen LogP contribution in [0.2, 0.25) is 0 Å². The number of hydrogen-bond acceptors (Lipinski definition) is 3. The zero-order chi connectivity index (χ0) is 13.5. The maximum Gasteiger partial charge on any atom is 0.402 e. The van der Waals surface area contributed by atoms with E-state index in [-0.39, 0.29) is 6.54 Å². The van der Waals surface area contributed by atoms with Gasteiger partial charge in [-0.2, -0.15) is 31.0 Å². The molecular weight excluding hydrogens is 259 g/mol. The van der Waals surface area contributed by atoms with Gasteiger partial charge in [0.15, 0.2) is 0 Å². The highest BCUT2D eigenvalue weighted by atomic mass is 32.2. The Kier molecular flexibility index (Phi) is 6.98. The SMILES string of the molecule is CCCCC(CN)NS(=O)(=O)NCC(F)(F)F. The summed E-state index contributed by atoms with van der Waals surface area (Å²) in [5.74, 6) is 0. The predicted octanol–water partition coefficient (Wildman–Crippen LogP) is 0.490. The number of nitrogens with two attached hydrogens (primary N) is 1. The number of rotatable bonds is 8. The Balaban J connectivity index is 4.22. The molecule has 0 aliphatic rings. The van der Waals surface area contributed by atoms with Gasteiger partial charge in [-0.15, -0.1) is 0 Å². The molecule has 17 heavy (non-hydrogen) atoms. The van der Waals surface area contributed by atoms with Gasteiger partial charge in [0.05, 0.1) is 0 Å². The summed E-state index contributed by atoms with van der Waals surface area (Å²) in [6.45, 7) is 0.379. The highest BCUT2D eigenvalue weighted by molar-refractivity contribution is 7.87. The lowest BCUT2D eigenvalue weighted by Crippen LogP contribution is -2.48. The van der Waals surface area contributed by atoms with E-state index in [9.17, 15) is 21.6 Å². The molecule has 5 nitrogen and oxygen atoms in total. The van der Waals surface area contributed by atoms with Crippen LogP contribution in [0, 0.1) is 0 Å². The molecule has 0 aromatic carbocycles. The lowest BCUT2D eigenvalue weighted by molar-refractivity contribution is -0.121. The lowest BCUT2D eigenvalue weighted by Gasteiger charge is -2.17. The minimum Gasteiger partial charge on any atom is -0.329 e. The van der Waals surface area contributed by atoms with Crippen LogP contribution in [-0.4, -0.2) is 33.7 Å². The second kappa shape index (κ2) is 7.14. The number of hydrogen-bond donors (Lipinski definition) is 3. The van der Waals surface area contributed by atoms with E-state index < -0.39 is 29.0 Å². The number of unbranched alkanes of at least 4 members (excludes halogenated alkanes) is 1. The lowest BCUT2D eigenvalue weighted by atomic mass is 10.1. The average molecular weight is 277 g/mol. The minimum atomic E-state index is -4.57. The quantitative estimate of drug-likeness (QED) is 0.603. The molecule has 0 fully saturated rings. The zero-order valence-electron chi connectivity index (χ0n) is 9.55. The topological polar surface area (TPSA) is 84.2 Å². The maximum absolute atomic E-state index is 11.8. The molecule has 0 saturated carbocycles. The van der Waals surface area contributed by atoms with E-state index in [0.29, 0.717) is 6.42 Å². The van der Waals surface area contributed by atoms with Gasteiger partial charge >= 0.3 is 6.18 Å². The van der Waals surface area contributed by atoms with Gasteiger partial charge in [0.1, 0.15) is 6.54 Å². The summed E-state index contributed by atoms with van der Waals surface area (Å²) in [4.78, 5) is 0. The smallest absolute Gasteiger partial charge is 0.329 e. The van der Waals surface area contributed by atoms with Gasteiger partial charge in [-0.3, -0.25) is 0 Å². The van der Waals surface area contributed by atoms with Crippen molar-refractivity contribution in [3.63, 3.8) is 0 Å². The number of halogens is 3. The molecule has 104 valence electrons. The Hall–Kier alpha value is -0.380. The van der Waals surface area contributed by atoms with Gasteiger partial charge < -0.3 is 5.73 Å². The molecule has 0 spiro atoms. The third kappa shape index (κ3) is 9.33. The summed E-state index contributed by atoms with van der Waals surface area (Å²) in [6, 6.07) is -0.541. The zero-order valence-corrected chi connectivity index (χ0v) is 10.4. The fraction of sp³-hybridized carbons (Fsp3) is 1.00. The van der Waals surface area contributed by atoms with Crippen molar-refractivity contribution in [2.24, 2.45) is 5.73 Å². The monoisotopic (exact) mass is 277 g/mol. The van der Waals surface area contributed by atoms with E-state index in [1.54, 1.807) is 0 Å². The standard InChI is InChI=1S/C8H18F3N3O2S/c1-2-3-4-7(5-12)14-17(15,16)13-6-8(9,10)11/h7,13-14H,2-6,12H2,1H3. The molecule has 0 heterocycles. The molecule has 0 aromatic rings. The molecule has 0 amide bonds. The van der Waals surface area contributed by atoms with Crippen molar-refractivity contribution in [2.75, 3.05) is 13.1 Å². The molecule has 0 rings (SSSR count). The normalized spacial score (nSPS) is 14.9. The van der Waals surface area contributed by atoms with Crippen LogP contribution in [0.5, 0.6) is 0 Å². The Morgan fingerprint density at radius 2 is 1.94 bits per heavy atom. The van der Waals surface area contributed by atoms with Crippen LogP contribution in [0.1, 0.15) is 26.2 Å². The molecule has 0 aliphatic heterocycles. The first-order valence-electron chi connectivity index (χ1n) is 5.24. The van der Waals surface area contributed by atoms with Gasteiger partial charge in [-0.25, -0.2) is 0 Å². The molecular formula is C8H18F3N3O2S. The molecule has 9 heteroatoms. The van der Waals surface area contributed by atoms with Gasteiger partial charge in [0.2, 0.25) is 0 Å². The van der Waals surface area contributed by atoms with E-state index in [2.05, 4.69) is 4.72 Å². The second-order valence-corrected chi connectivity index (χ2v) is 5.16. The summed E-state index contributed by atoms with van der Waals surface area (Å²) < 4.78 is 61.5. The van der Waals surface area contributed by atoms with Crippen molar-refractivity contribution in [1.29, 1.82) is 0 Å². The van der Waals surface area contributed by atoms with Crippen LogP contribution in [0.15, 0.2) is 0 Å². The molecule has 1 unspecified atom stereocenters. The first kappa shape index (κ1) is 16.6. The summed E-state index contributed by atoms with van der Waals surface area (Å²) in [7, 11) is -4.16. The molecule has 0 radical (unpaired) electrons. The fourth-order valence-electron chi connectivity index (χ4n) is 1.11. The first-order chi connectivity index (χ1) is 7.70. The van der Waals surface area contributed by atoms with Crippen LogP contribution in [0.3, 0.4) is 0 Å².